The number of halogens is 1. The molecular formula is C9H8ClNO2. The van der Waals surface area contributed by atoms with Crippen LogP contribution in [0.1, 0.15) is 11.7 Å². The Kier molecular flexibility index (Phi) is 3.26. The number of hydrogen-bond acceptors (Lipinski definition) is 3. The fourth-order valence-electron chi connectivity index (χ4n) is 0.913. The summed E-state index contributed by atoms with van der Waals surface area (Å²) in [5.74, 6) is 0. The second-order valence-electron chi connectivity index (χ2n) is 2.57. The first-order valence-corrected chi connectivity index (χ1v) is 4.04. The van der Waals surface area contributed by atoms with E-state index < -0.39 is 12.2 Å². The zero-order chi connectivity index (χ0) is 9.84. The topological polar surface area (TPSA) is 64.2 Å². The van der Waals surface area contributed by atoms with Gasteiger partial charge in [0.25, 0.3) is 0 Å². The van der Waals surface area contributed by atoms with Crippen LogP contribution < -0.4 is 0 Å². The number of aliphatic hydroxyl groups is 2. The van der Waals surface area contributed by atoms with Crippen molar-refractivity contribution >= 4 is 11.6 Å². The van der Waals surface area contributed by atoms with Gasteiger partial charge in [0, 0.05) is 5.02 Å². The molecule has 13 heavy (non-hydrogen) atoms. The van der Waals surface area contributed by atoms with Crippen LogP contribution in [0, 0.1) is 11.3 Å². The van der Waals surface area contributed by atoms with Crippen LogP contribution in [0.15, 0.2) is 24.3 Å². The molecule has 0 aliphatic carbocycles. The Morgan fingerprint density at radius 1 is 1.23 bits per heavy atom. The highest BCUT2D eigenvalue weighted by atomic mass is 35.5. The Morgan fingerprint density at radius 3 is 2.23 bits per heavy atom. The largest absolute Gasteiger partial charge is 0.385 e. The van der Waals surface area contributed by atoms with Crippen molar-refractivity contribution in [2.45, 2.75) is 12.2 Å². The van der Waals surface area contributed by atoms with E-state index in [2.05, 4.69) is 0 Å². The van der Waals surface area contributed by atoms with Gasteiger partial charge in [0.2, 0.25) is 0 Å². The predicted molar refractivity (Wildman–Crippen MR) is 48.0 cm³/mol. The zero-order valence-electron chi connectivity index (χ0n) is 6.68. The Morgan fingerprint density at radius 2 is 1.77 bits per heavy atom. The van der Waals surface area contributed by atoms with Gasteiger partial charge in [0.05, 0.1) is 6.07 Å². The van der Waals surface area contributed by atoms with E-state index in [1.54, 1.807) is 30.3 Å². The lowest BCUT2D eigenvalue weighted by molar-refractivity contribution is 0.0528. The van der Waals surface area contributed by atoms with Gasteiger partial charge in [0.15, 0.2) is 6.10 Å². The molecule has 2 N–H and O–H groups in total. The molecule has 1 aromatic rings. The van der Waals surface area contributed by atoms with Crippen molar-refractivity contribution in [2.75, 3.05) is 0 Å². The van der Waals surface area contributed by atoms with E-state index in [1.807, 2.05) is 0 Å². The number of aliphatic hydroxyl groups excluding tert-OH is 2. The Balaban J connectivity index is 2.84. The Labute approximate surface area is 80.8 Å². The summed E-state index contributed by atoms with van der Waals surface area (Å²) in [6.45, 7) is 0. The molecule has 0 spiro atoms. The molecule has 0 unspecified atom stereocenters. The van der Waals surface area contributed by atoms with Crippen LogP contribution in [-0.2, 0) is 0 Å². The second-order valence-corrected chi connectivity index (χ2v) is 3.01. The molecule has 0 bridgehead atoms. The van der Waals surface area contributed by atoms with Gasteiger partial charge < -0.3 is 10.2 Å². The number of nitriles is 1. The van der Waals surface area contributed by atoms with Crippen molar-refractivity contribution < 1.29 is 10.2 Å². The number of benzene rings is 1. The number of hydrogen-bond donors (Lipinski definition) is 2. The lowest BCUT2D eigenvalue weighted by atomic mass is 10.1. The molecule has 1 aromatic carbocycles. The van der Waals surface area contributed by atoms with Crippen molar-refractivity contribution in [1.82, 2.24) is 0 Å². The first-order chi connectivity index (χ1) is 6.15. The predicted octanol–water partition coefficient (Wildman–Crippen LogP) is 1.26. The maximum atomic E-state index is 9.36. The third-order valence-corrected chi connectivity index (χ3v) is 1.89. The van der Waals surface area contributed by atoms with Crippen LogP contribution >= 0.6 is 11.6 Å². The van der Waals surface area contributed by atoms with Crippen LogP contribution in [-0.4, -0.2) is 16.3 Å². The highest BCUT2D eigenvalue weighted by Crippen LogP contribution is 2.18. The fourth-order valence-corrected chi connectivity index (χ4v) is 1.04. The molecular weight excluding hydrogens is 190 g/mol. The molecule has 2 atom stereocenters. The summed E-state index contributed by atoms with van der Waals surface area (Å²) < 4.78 is 0. The molecule has 0 fully saturated rings. The Bertz CT molecular complexity index is 317. The molecule has 0 aromatic heterocycles. The van der Waals surface area contributed by atoms with Gasteiger partial charge in [-0.15, -0.1) is 0 Å². The van der Waals surface area contributed by atoms with E-state index in [0.717, 1.165) is 0 Å². The molecule has 0 radical (unpaired) electrons. The van der Waals surface area contributed by atoms with E-state index >= 15 is 0 Å². The average Bonchev–Trinajstić information content (AvgIpc) is 2.17. The lowest BCUT2D eigenvalue weighted by Crippen LogP contribution is -2.15. The molecule has 0 heterocycles. The van der Waals surface area contributed by atoms with Gasteiger partial charge in [-0.1, -0.05) is 23.7 Å². The van der Waals surface area contributed by atoms with Gasteiger partial charge in [0.1, 0.15) is 6.10 Å². The monoisotopic (exact) mass is 197 g/mol. The number of nitrogens with zero attached hydrogens (tertiary/aromatic N) is 1. The van der Waals surface area contributed by atoms with Crippen molar-refractivity contribution in [3.05, 3.63) is 34.9 Å². The smallest absolute Gasteiger partial charge is 0.170 e. The molecule has 0 saturated carbocycles. The van der Waals surface area contributed by atoms with Crippen LogP contribution in [0.4, 0.5) is 0 Å². The fraction of sp³-hybridized carbons (Fsp3) is 0.222. The molecule has 4 heteroatoms. The molecule has 0 amide bonds. The van der Waals surface area contributed by atoms with Gasteiger partial charge in [-0.25, -0.2) is 0 Å². The zero-order valence-corrected chi connectivity index (χ0v) is 7.44. The minimum absolute atomic E-state index is 0.471. The number of rotatable bonds is 2. The normalized spacial score (nSPS) is 14.6. The molecule has 0 saturated heterocycles. The average molecular weight is 198 g/mol. The van der Waals surface area contributed by atoms with Crippen LogP contribution in [0.2, 0.25) is 5.02 Å². The summed E-state index contributed by atoms with van der Waals surface area (Å²) in [7, 11) is 0. The van der Waals surface area contributed by atoms with E-state index in [1.165, 1.54) is 0 Å². The van der Waals surface area contributed by atoms with E-state index in [-0.39, 0.29) is 0 Å². The summed E-state index contributed by atoms with van der Waals surface area (Å²) in [6.07, 6.45) is -2.58. The maximum absolute atomic E-state index is 9.36. The summed E-state index contributed by atoms with van der Waals surface area (Å²) >= 11 is 5.62. The van der Waals surface area contributed by atoms with Gasteiger partial charge in [-0.3, -0.25) is 0 Å². The lowest BCUT2D eigenvalue weighted by Gasteiger charge is -2.11. The highest BCUT2D eigenvalue weighted by molar-refractivity contribution is 6.30. The van der Waals surface area contributed by atoms with Crippen molar-refractivity contribution in [2.24, 2.45) is 0 Å². The van der Waals surface area contributed by atoms with Crippen LogP contribution in [0.25, 0.3) is 0 Å². The van der Waals surface area contributed by atoms with Crippen LogP contribution in [0.5, 0.6) is 0 Å². The van der Waals surface area contributed by atoms with Crippen molar-refractivity contribution in [3.8, 4) is 6.07 Å². The molecule has 0 aliphatic rings. The van der Waals surface area contributed by atoms with Crippen LogP contribution in [0.3, 0.4) is 0 Å². The van der Waals surface area contributed by atoms with E-state index in [4.69, 9.17) is 22.0 Å². The molecule has 0 aliphatic heterocycles. The maximum Gasteiger partial charge on any atom is 0.170 e. The minimum atomic E-state index is -1.40. The first-order valence-electron chi connectivity index (χ1n) is 3.66. The SMILES string of the molecule is N#C[C@H](O)[C@H](O)c1ccc(Cl)cc1. The Hall–Kier alpha value is -1.08. The third-order valence-electron chi connectivity index (χ3n) is 1.64. The minimum Gasteiger partial charge on any atom is -0.385 e. The van der Waals surface area contributed by atoms with E-state index in [9.17, 15) is 5.11 Å². The first kappa shape index (κ1) is 10.0. The second kappa shape index (κ2) is 4.24. The molecule has 1 rings (SSSR count). The summed E-state index contributed by atoms with van der Waals surface area (Å²) in [5, 5.41) is 27.2. The van der Waals surface area contributed by atoms with Gasteiger partial charge in [-0.2, -0.15) is 5.26 Å². The third kappa shape index (κ3) is 2.43. The van der Waals surface area contributed by atoms with Crippen molar-refractivity contribution in [1.29, 1.82) is 5.26 Å². The van der Waals surface area contributed by atoms with Crippen molar-refractivity contribution in [3.63, 3.8) is 0 Å². The molecule has 3 nitrogen and oxygen atoms in total. The summed E-state index contributed by atoms with van der Waals surface area (Å²) in [6, 6.07) is 7.85. The highest BCUT2D eigenvalue weighted by Gasteiger charge is 2.16. The van der Waals surface area contributed by atoms with Gasteiger partial charge >= 0.3 is 0 Å². The summed E-state index contributed by atoms with van der Waals surface area (Å²) in [5.41, 5.74) is 0.471. The quantitative estimate of drug-likeness (QED) is 0.702. The molecule has 68 valence electrons. The van der Waals surface area contributed by atoms with E-state index in [0.29, 0.717) is 10.6 Å². The standard InChI is InChI=1S/C9H8ClNO2/c10-7-3-1-6(2-4-7)9(13)8(12)5-11/h1-4,8-9,12-13H/t8-,9+/m0/s1. The summed E-state index contributed by atoms with van der Waals surface area (Å²) in [4.78, 5) is 0. The van der Waals surface area contributed by atoms with Gasteiger partial charge in [-0.05, 0) is 17.7 Å².